The van der Waals surface area contributed by atoms with E-state index in [9.17, 15) is 28.5 Å². The Bertz CT molecular complexity index is 1170. The van der Waals surface area contributed by atoms with Gasteiger partial charge in [0.15, 0.2) is 6.29 Å². The second kappa shape index (κ2) is 32.1. The SMILES string of the molecule is CC/C=C\C/C=C\C/C=C\C/C=C\CCCCCOCC(COC1OC(CO)C(O)C(OS(=O)(=O)O)C1O)OC(=O)CCCCCCC/C=C\CCC. The van der Waals surface area contributed by atoms with E-state index in [-0.39, 0.29) is 19.6 Å². The Hall–Kier alpha value is -2.20. The van der Waals surface area contributed by atoms with Crippen molar-refractivity contribution in [2.45, 2.75) is 160 Å². The number of aliphatic hydroxyl groups excluding tert-OH is 3. The van der Waals surface area contributed by atoms with E-state index in [1.807, 2.05) is 0 Å². The quantitative estimate of drug-likeness (QED) is 0.0238. The third kappa shape index (κ3) is 26.3. The summed E-state index contributed by atoms with van der Waals surface area (Å²) in [5.74, 6) is -0.427. The predicted octanol–water partition coefficient (Wildman–Crippen LogP) is 7.01. The summed E-state index contributed by atoms with van der Waals surface area (Å²) in [5.41, 5.74) is 0. The molecule has 1 aliphatic rings. The van der Waals surface area contributed by atoms with Gasteiger partial charge in [-0.05, 0) is 70.6 Å². The Morgan fingerprint density at radius 3 is 1.92 bits per heavy atom. The summed E-state index contributed by atoms with van der Waals surface area (Å²) in [6.45, 7) is 3.68. The van der Waals surface area contributed by atoms with Gasteiger partial charge in [-0.3, -0.25) is 9.35 Å². The molecule has 53 heavy (non-hydrogen) atoms. The second-order valence-electron chi connectivity index (χ2n) is 13.1. The van der Waals surface area contributed by atoms with Gasteiger partial charge in [0.05, 0.1) is 19.8 Å². The molecule has 6 unspecified atom stereocenters. The van der Waals surface area contributed by atoms with Crippen LogP contribution in [0.4, 0.5) is 0 Å². The zero-order valence-corrected chi connectivity index (χ0v) is 32.9. The Labute approximate surface area is 318 Å². The van der Waals surface area contributed by atoms with Crippen LogP contribution in [0.3, 0.4) is 0 Å². The fourth-order valence-corrected chi connectivity index (χ4v) is 5.94. The molecule has 0 aromatic carbocycles. The molecule has 1 fully saturated rings. The molecule has 0 saturated carbocycles. The Balaban J connectivity index is 2.53. The van der Waals surface area contributed by atoms with Crippen molar-refractivity contribution in [1.29, 1.82) is 0 Å². The van der Waals surface area contributed by atoms with E-state index in [0.29, 0.717) is 13.0 Å². The van der Waals surface area contributed by atoms with Gasteiger partial charge in [-0.2, -0.15) is 8.42 Å². The molecule has 1 saturated heterocycles. The standard InChI is InChI=1S/C40H68O12S/c1-3-5-7-9-11-13-15-16-17-18-19-20-22-24-26-28-30-48-32-34(50-36(42)29-27-25-23-21-14-12-10-8-6-4-2)33-49-40-38(44)39(52-53(45,46)47)37(43)35(31-41)51-40/h5,7-8,10-11,13,16-17,19-20,34-35,37-41,43-44H,3-4,6,9,12,14-15,18,21-33H2,1-2H3,(H,45,46,47)/b7-5-,10-8-,13-11-,17-16-,20-19-. The van der Waals surface area contributed by atoms with Gasteiger partial charge in [-0.15, -0.1) is 0 Å². The average Bonchev–Trinajstić information content (AvgIpc) is 3.12. The molecule has 0 aliphatic carbocycles. The minimum absolute atomic E-state index is 0.00791. The highest BCUT2D eigenvalue weighted by Gasteiger charge is 2.48. The molecular formula is C40H68O12S. The van der Waals surface area contributed by atoms with Gasteiger partial charge < -0.3 is 34.3 Å². The zero-order chi connectivity index (χ0) is 39.0. The van der Waals surface area contributed by atoms with Gasteiger partial charge in [0, 0.05) is 13.0 Å². The zero-order valence-electron chi connectivity index (χ0n) is 32.0. The van der Waals surface area contributed by atoms with E-state index in [1.165, 1.54) is 0 Å². The maximum absolute atomic E-state index is 12.7. The Morgan fingerprint density at radius 1 is 0.736 bits per heavy atom. The number of allylic oxidation sites excluding steroid dienone is 10. The summed E-state index contributed by atoms with van der Waals surface area (Å²) in [4.78, 5) is 12.7. The van der Waals surface area contributed by atoms with Crippen LogP contribution in [0.15, 0.2) is 60.8 Å². The number of esters is 1. The largest absolute Gasteiger partial charge is 0.457 e. The maximum atomic E-state index is 12.7. The van der Waals surface area contributed by atoms with E-state index >= 15 is 0 Å². The number of carbonyl (C=O) groups is 1. The highest BCUT2D eigenvalue weighted by molar-refractivity contribution is 7.80. The van der Waals surface area contributed by atoms with Crippen molar-refractivity contribution in [3.8, 4) is 0 Å². The fraction of sp³-hybridized carbons (Fsp3) is 0.725. The molecule has 0 aromatic rings. The highest BCUT2D eigenvalue weighted by atomic mass is 32.3. The molecule has 1 heterocycles. The van der Waals surface area contributed by atoms with Crippen LogP contribution >= 0.6 is 0 Å². The Kier molecular flexibility index (Phi) is 29.6. The molecule has 0 radical (unpaired) electrons. The number of hydrogen-bond acceptors (Lipinski definition) is 11. The number of unbranched alkanes of at least 4 members (excludes halogenated alkanes) is 9. The van der Waals surface area contributed by atoms with Gasteiger partial charge in [0.1, 0.15) is 30.5 Å². The Morgan fingerprint density at radius 2 is 1.30 bits per heavy atom. The molecule has 306 valence electrons. The molecule has 13 heteroatoms. The van der Waals surface area contributed by atoms with Crippen molar-refractivity contribution in [3.05, 3.63) is 60.8 Å². The number of carbonyl (C=O) groups excluding carboxylic acids is 1. The summed E-state index contributed by atoms with van der Waals surface area (Å²) in [6, 6.07) is 0. The normalized spacial score (nSPS) is 22.0. The van der Waals surface area contributed by atoms with E-state index in [4.69, 9.17) is 23.5 Å². The first-order valence-corrected chi connectivity index (χ1v) is 20.9. The lowest BCUT2D eigenvalue weighted by Crippen LogP contribution is -2.60. The van der Waals surface area contributed by atoms with Crippen molar-refractivity contribution in [2.24, 2.45) is 0 Å². The van der Waals surface area contributed by atoms with E-state index < -0.39 is 59.8 Å². The average molecular weight is 773 g/mol. The van der Waals surface area contributed by atoms with Crippen LogP contribution in [-0.4, -0.2) is 97.5 Å². The first-order valence-electron chi connectivity index (χ1n) is 19.5. The topological polar surface area (TPSA) is 178 Å². The van der Waals surface area contributed by atoms with E-state index in [1.54, 1.807) is 0 Å². The molecule has 1 rings (SSSR count). The van der Waals surface area contributed by atoms with Crippen molar-refractivity contribution < 1.29 is 56.2 Å². The number of hydrogen-bond donors (Lipinski definition) is 4. The van der Waals surface area contributed by atoms with Crippen molar-refractivity contribution >= 4 is 16.4 Å². The fourth-order valence-electron chi connectivity index (χ4n) is 5.43. The van der Waals surface area contributed by atoms with Crippen LogP contribution in [0.25, 0.3) is 0 Å². The van der Waals surface area contributed by atoms with Crippen LogP contribution in [0.5, 0.6) is 0 Å². The lowest BCUT2D eigenvalue weighted by Gasteiger charge is -2.41. The monoisotopic (exact) mass is 772 g/mol. The molecule has 0 bridgehead atoms. The summed E-state index contributed by atoms with van der Waals surface area (Å²) < 4.78 is 58.7. The van der Waals surface area contributed by atoms with Gasteiger partial charge in [-0.1, -0.05) is 107 Å². The van der Waals surface area contributed by atoms with Crippen molar-refractivity contribution in [1.82, 2.24) is 0 Å². The molecule has 0 amide bonds. The molecular weight excluding hydrogens is 704 g/mol. The van der Waals surface area contributed by atoms with Crippen molar-refractivity contribution in [3.63, 3.8) is 0 Å². The number of aliphatic hydroxyl groups is 3. The summed E-state index contributed by atoms with van der Waals surface area (Å²) in [6.07, 6.45) is 28.5. The third-order valence-corrected chi connectivity index (χ3v) is 8.82. The summed E-state index contributed by atoms with van der Waals surface area (Å²) in [5, 5.41) is 30.5. The molecule has 1 aliphatic heterocycles. The first kappa shape index (κ1) is 48.8. The lowest BCUT2D eigenvalue weighted by molar-refractivity contribution is -0.301. The minimum Gasteiger partial charge on any atom is -0.457 e. The summed E-state index contributed by atoms with van der Waals surface area (Å²) >= 11 is 0. The van der Waals surface area contributed by atoms with Gasteiger partial charge in [0.25, 0.3) is 0 Å². The first-order chi connectivity index (χ1) is 25.6. The minimum atomic E-state index is -5.06. The smallest absolute Gasteiger partial charge is 0.397 e. The van der Waals surface area contributed by atoms with E-state index in [0.717, 1.165) is 96.3 Å². The maximum Gasteiger partial charge on any atom is 0.397 e. The van der Waals surface area contributed by atoms with Gasteiger partial charge >= 0.3 is 16.4 Å². The predicted molar refractivity (Wildman–Crippen MR) is 206 cm³/mol. The van der Waals surface area contributed by atoms with Crippen molar-refractivity contribution in [2.75, 3.05) is 26.4 Å². The van der Waals surface area contributed by atoms with Gasteiger partial charge in [-0.25, -0.2) is 4.18 Å². The molecule has 0 aromatic heterocycles. The number of rotatable bonds is 32. The van der Waals surface area contributed by atoms with Crippen LogP contribution in [0, 0.1) is 0 Å². The van der Waals surface area contributed by atoms with Crippen LogP contribution < -0.4 is 0 Å². The summed E-state index contributed by atoms with van der Waals surface area (Å²) in [7, 11) is -5.06. The lowest BCUT2D eigenvalue weighted by atomic mass is 9.99. The molecule has 12 nitrogen and oxygen atoms in total. The molecule has 0 spiro atoms. The van der Waals surface area contributed by atoms with Crippen LogP contribution in [-0.2, 0) is 38.3 Å². The van der Waals surface area contributed by atoms with Gasteiger partial charge in [0.2, 0.25) is 0 Å². The molecule has 6 atom stereocenters. The third-order valence-electron chi connectivity index (χ3n) is 8.35. The van der Waals surface area contributed by atoms with Crippen LogP contribution in [0.1, 0.15) is 123 Å². The van der Waals surface area contributed by atoms with E-state index in [2.05, 4.69) is 78.8 Å². The highest BCUT2D eigenvalue weighted by Crippen LogP contribution is 2.26. The molecule has 4 N–H and O–H groups in total. The second-order valence-corrected chi connectivity index (χ2v) is 14.2. The number of ether oxygens (including phenoxy) is 4. The van der Waals surface area contributed by atoms with Crippen LogP contribution in [0.2, 0.25) is 0 Å².